The number of ether oxygens (including phenoxy) is 2. The van der Waals surface area contributed by atoms with Gasteiger partial charge in [-0.25, -0.2) is 0 Å². The molecule has 0 amide bonds. The lowest BCUT2D eigenvalue weighted by Crippen LogP contribution is -2.03. The molecule has 7 rings (SSSR count). The fourth-order valence-electron chi connectivity index (χ4n) is 7.11. The minimum atomic E-state index is 0.688. The van der Waals surface area contributed by atoms with Crippen LogP contribution in [-0.4, -0.2) is 13.2 Å². The van der Waals surface area contributed by atoms with Crippen LogP contribution in [-0.2, 0) is 0 Å². The van der Waals surface area contributed by atoms with Gasteiger partial charge in [-0.15, -0.1) is 0 Å². The first-order chi connectivity index (χ1) is 24.5. The van der Waals surface area contributed by atoms with E-state index in [0.717, 1.165) is 68.9 Å². The zero-order valence-electron chi connectivity index (χ0n) is 30.2. The summed E-state index contributed by atoms with van der Waals surface area (Å²) in [5.74, 6) is 3.34. The molecule has 0 aliphatic rings. The molecule has 7 aromatic rings. The van der Waals surface area contributed by atoms with E-state index in [0.29, 0.717) is 13.2 Å². The number of benzene rings is 5. The molecule has 2 aromatic heterocycles. The Morgan fingerprint density at radius 1 is 0.420 bits per heavy atom. The van der Waals surface area contributed by atoms with Crippen molar-refractivity contribution in [1.82, 2.24) is 0 Å². The van der Waals surface area contributed by atoms with Crippen molar-refractivity contribution in [2.24, 2.45) is 0 Å². The van der Waals surface area contributed by atoms with Gasteiger partial charge in [0.15, 0.2) is 11.5 Å². The SMILES string of the molecule is CCCCCCCOc1ccc(-c2cc3c(ccc4c3ccc3c5cc(-c6ccc(C)c(C)c6)oc5ccc34)o2)cc1OCCCCCCC. The van der Waals surface area contributed by atoms with Crippen LogP contribution >= 0.6 is 0 Å². The van der Waals surface area contributed by atoms with Gasteiger partial charge in [-0.1, -0.05) is 102 Å². The third kappa shape index (κ3) is 7.12. The van der Waals surface area contributed by atoms with E-state index in [4.69, 9.17) is 18.3 Å². The third-order valence-electron chi connectivity index (χ3n) is 10.2. The van der Waals surface area contributed by atoms with Crippen LogP contribution in [0, 0.1) is 13.8 Å². The standard InChI is InChI=1S/C46H50O4/c1-5-7-9-11-13-25-47-43-22-17-34(28-46(43)48-26-14-12-10-8-6-2)45-30-40-38-19-18-37-35(36(38)21-24-42(40)50-45)20-23-41-39(37)29-44(49-41)33-16-15-31(3)32(4)27-33/h15-24,27-30H,5-14,25-26H2,1-4H3. The van der Waals surface area contributed by atoms with Crippen molar-refractivity contribution in [2.75, 3.05) is 13.2 Å². The summed E-state index contributed by atoms with van der Waals surface area (Å²) < 4.78 is 25.5. The molecule has 0 aliphatic carbocycles. The van der Waals surface area contributed by atoms with Crippen molar-refractivity contribution in [3.8, 4) is 34.1 Å². The number of rotatable bonds is 16. The zero-order valence-corrected chi connectivity index (χ0v) is 30.2. The molecule has 0 bridgehead atoms. The number of unbranched alkanes of at least 4 members (excludes halogenated alkanes) is 8. The number of fused-ring (bicyclic) bond motifs is 7. The van der Waals surface area contributed by atoms with E-state index in [9.17, 15) is 0 Å². The van der Waals surface area contributed by atoms with E-state index in [1.807, 2.05) is 0 Å². The zero-order chi connectivity index (χ0) is 34.5. The lowest BCUT2D eigenvalue weighted by Gasteiger charge is -2.14. The second-order valence-corrected chi connectivity index (χ2v) is 13.9. The summed E-state index contributed by atoms with van der Waals surface area (Å²) in [6.45, 7) is 10.2. The molecule has 4 nitrogen and oxygen atoms in total. The van der Waals surface area contributed by atoms with E-state index in [1.54, 1.807) is 0 Å². The summed E-state index contributed by atoms with van der Waals surface area (Å²) in [6, 6.07) is 30.2. The molecule has 0 spiro atoms. The third-order valence-corrected chi connectivity index (χ3v) is 10.2. The first kappa shape index (κ1) is 33.8. The number of hydrogen-bond donors (Lipinski definition) is 0. The van der Waals surface area contributed by atoms with Crippen molar-refractivity contribution < 1.29 is 18.3 Å². The maximum atomic E-state index is 6.50. The van der Waals surface area contributed by atoms with Gasteiger partial charge >= 0.3 is 0 Å². The van der Waals surface area contributed by atoms with E-state index in [-0.39, 0.29) is 0 Å². The molecule has 5 aromatic carbocycles. The van der Waals surface area contributed by atoms with Crippen LogP contribution in [0.15, 0.2) is 93.8 Å². The summed E-state index contributed by atoms with van der Waals surface area (Å²) in [5, 5.41) is 7.01. The molecular formula is C46H50O4. The van der Waals surface area contributed by atoms with Crippen molar-refractivity contribution in [1.29, 1.82) is 0 Å². The van der Waals surface area contributed by atoms with Gasteiger partial charge in [0.1, 0.15) is 22.7 Å². The Bertz CT molecular complexity index is 2230. The molecule has 50 heavy (non-hydrogen) atoms. The smallest absolute Gasteiger partial charge is 0.161 e. The van der Waals surface area contributed by atoms with Gasteiger partial charge in [0.25, 0.3) is 0 Å². The van der Waals surface area contributed by atoms with E-state index < -0.39 is 0 Å². The van der Waals surface area contributed by atoms with Gasteiger partial charge in [-0.2, -0.15) is 0 Å². The Kier molecular flexibility index (Phi) is 10.4. The van der Waals surface area contributed by atoms with Crippen molar-refractivity contribution >= 4 is 43.5 Å². The molecule has 0 atom stereocenters. The first-order valence-corrected chi connectivity index (χ1v) is 18.8. The van der Waals surface area contributed by atoms with Gasteiger partial charge in [0.05, 0.1) is 13.2 Å². The summed E-state index contributed by atoms with van der Waals surface area (Å²) in [4.78, 5) is 0. The molecule has 258 valence electrons. The fraction of sp³-hybridized carbons (Fsp3) is 0.348. The lowest BCUT2D eigenvalue weighted by molar-refractivity contribution is 0.258. The lowest BCUT2D eigenvalue weighted by atomic mass is 9.97. The average molecular weight is 667 g/mol. The van der Waals surface area contributed by atoms with Crippen LogP contribution in [0.3, 0.4) is 0 Å². The Balaban J connectivity index is 1.18. The normalized spacial score (nSPS) is 11.8. The minimum absolute atomic E-state index is 0.688. The first-order valence-electron chi connectivity index (χ1n) is 18.8. The Morgan fingerprint density at radius 3 is 1.46 bits per heavy atom. The largest absolute Gasteiger partial charge is 0.490 e. The quantitative estimate of drug-likeness (QED) is 0.0760. The monoisotopic (exact) mass is 666 g/mol. The molecule has 4 heteroatoms. The molecule has 0 fully saturated rings. The highest BCUT2D eigenvalue weighted by Crippen LogP contribution is 2.41. The summed E-state index contributed by atoms with van der Waals surface area (Å²) in [7, 11) is 0. The van der Waals surface area contributed by atoms with Crippen LogP contribution < -0.4 is 9.47 Å². The molecule has 0 unspecified atom stereocenters. The molecule has 0 saturated heterocycles. The molecule has 0 N–H and O–H groups in total. The van der Waals surface area contributed by atoms with Gasteiger partial charge in [-0.3, -0.25) is 0 Å². The predicted octanol–water partition coefficient (Wildman–Crippen LogP) is 14.1. The molecule has 0 aliphatic heterocycles. The number of furan rings is 2. The van der Waals surface area contributed by atoms with E-state index >= 15 is 0 Å². The van der Waals surface area contributed by atoms with Gasteiger partial charge in [0.2, 0.25) is 0 Å². The highest BCUT2D eigenvalue weighted by molar-refractivity contribution is 6.21. The highest BCUT2D eigenvalue weighted by Gasteiger charge is 2.16. The van der Waals surface area contributed by atoms with Gasteiger partial charge in [0, 0.05) is 21.9 Å². The topological polar surface area (TPSA) is 44.7 Å². The van der Waals surface area contributed by atoms with Crippen LogP contribution in [0.4, 0.5) is 0 Å². The maximum Gasteiger partial charge on any atom is 0.161 e. The summed E-state index contributed by atoms with van der Waals surface area (Å²) in [6.07, 6.45) is 12.1. The van der Waals surface area contributed by atoms with E-state index in [2.05, 4.69) is 113 Å². The Morgan fingerprint density at radius 2 is 0.900 bits per heavy atom. The molecule has 2 heterocycles. The summed E-state index contributed by atoms with van der Waals surface area (Å²) >= 11 is 0. The van der Waals surface area contributed by atoms with Gasteiger partial charge in [-0.05, 0) is 108 Å². The highest BCUT2D eigenvalue weighted by atomic mass is 16.5. The van der Waals surface area contributed by atoms with Crippen LogP contribution in [0.2, 0.25) is 0 Å². The number of hydrogen-bond acceptors (Lipinski definition) is 4. The van der Waals surface area contributed by atoms with Crippen molar-refractivity contribution in [2.45, 2.75) is 91.9 Å². The number of aryl methyl sites for hydroxylation is 2. The second-order valence-electron chi connectivity index (χ2n) is 13.9. The Hall–Kier alpha value is -4.70. The maximum absolute atomic E-state index is 6.50. The molecule has 0 radical (unpaired) electrons. The second kappa shape index (κ2) is 15.5. The van der Waals surface area contributed by atoms with Crippen LogP contribution in [0.1, 0.15) is 89.2 Å². The Labute approximate surface area is 296 Å². The van der Waals surface area contributed by atoms with E-state index in [1.165, 1.54) is 84.0 Å². The average Bonchev–Trinajstić information content (AvgIpc) is 3.78. The van der Waals surface area contributed by atoms with Crippen LogP contribution in [0.25, 0.3) is 66.1 Å². The van der Waals surface area contributed by atoms with Crippen molar-refractivity contribution in [3.05, 3.63) is 96.1 Å². The minimum Gasteiger partial charge on any atom is -0.490 e. The molecular weight excluding hydrogens is 617 g/mol. The predicted molar refractivity (Wildman–Crippen MR) is 210 cm³/mol. The van der Waals surface area contributed by atoms with Crippen LogP contribution in [0.5, 0.6) is 11.5 Å². The van der Waals surface area contributed by atoms with Crippen molar-refractivity contribution in [3.63, 3.8) is 0 Å². The molecule has 0 saturated carbocycles. The summed E-state index contributed by atoms with van der Waals surface area (Å²) in [5.41, 5.74) is 6.42. The van der Waals surface area contributed by atoms with Gasteiger partial charge < -0.3 is 18.3 Å². The fourth-order valence-corrected chi connectivity index (χ4v) is 7.11.